The molecule has 2 aromatic carbocycles. The first kappa shape index (κ1) is 24.6. The zero-order valence-corrected chi connectivity index (χ0v) is 21.4. The fourth-order valence-corrected chi connectivity index (χ4v) is 4.79. The van der Waals surface area contributed by atoms with E-state index in [9.17, 15) is 4.79 Å². The third-order valence-corrected chi connectivity index (χ3v) is 6.76. The zero-order valence-electron chi connectivity index (χ0n) is 21.4. The second-order valence-corrected chi connectivity index (χ2v) is 9.29. The summed E-state index contributed by atoms with van der Waals surface area (Å²) in [5.74, 6) is 2.53. The Kier molecular flexibility index (Phi) is 6.96. The Labute approximate surface area is 215 Å². The summed E-state index contributed by atoms with van der Waals surface area (Å²) in [5, 5.41) is 0. The van der Waals surface area contributed by atoms with E-state index in [0.717, 1.165) is 36.5 Å². The molecule has 5 rings (SSSR count). The van der Waals surface area contributed by atoms with Gasteiger partial charge in [0.15, 0.2) is 22.7 Å². The van der Waals surface area contributed by atoms with Crippen LogP contribution in [0.4, 0.5) is 5.95 Å². The first-order valence-electron chi connectivity index (χ1n) is 12.4. The van der Waals surface area contributed by atoms with Gasteiger partial charge in [-0.1, -0.05) is 42.5 Å². The van der Waals surface area contributed by atoms with Crippen molar-refractivity contribution in [1.82, 2.24) is 19.1 Å². The highest BCUT2D eigenvalue weighted by atomic mass is 16.5. The lowest BCUT2D eigenvalue weighted by atomic mass is 10.1. The van der Waals surface area contributed by atoms with E-state index in [2.05, 4.69) is 17.0 Å². The van der Waals surface area contributed by atoms with E-state index in [1.165, 1.54) is 0 Å². The Morgan fingerprint density at radius 3 is 2.57 bits per heavy atom. The standard InChI is InChI=1S/C28H32N6O3/c1-32-24(14-12-19-11-13-22(36-2)23(16-19)37-3)30-26-25(27(32)35)34(17-20-8-5-4-6-9-20)28(31-26)33-15-7-10-21(29)18-33/h4-6,8-9,11-14,16,21H,7,10,15,17-18,29H2,1-3H3/b14-12+. The summed E-state index contributed by atoms with van der Waals surface area (Å²) in [6.07, 6.45) is 5.68. The van der Waals surface area contributed by atoms with Gasteiger partial charge in [-0.05, 0) is 42.2 Å². The van der Waals surface area contributed by atoms with Crippen molar-refractivity contribution >= 4 is 29.3 Å². The molecule has 0 radical (unpaired) electrons. The molecule has 192 valence electrons. The molecule has 2 N–H and O–H groups in total. The molecule has 0 spiro atoms. The van der Waals surface area contributed by atoms with Gasteiger partial charge in [0.1, 0.15) is 5.82 Å². The van der Waals surface area contributed by atoms with Gasteiger partial charge in [-0.15, -0.1) is 0 Å². The highest BCUT2D eigenvalue weighted by molar-refractivity contribution is 5.77. The number of hydrogen-bond acceptors (Lipinski definition) is 7. The average Bonchev–Trinajstić information content (AvgIpc) is 3.28. The van der Waals surface area contributed by atoms with Crippen LogP contribution in [0.5, 0.6) is 11.5 Å². The summed E-state index contributed by atoms with van der Waals surface area (Å²) in [5.41, 5.74) is 9.04. The van der Waals surface area contributed by atoms with E-state index in [1.54, 1.807) is 25.8 Å². The third-order valence-electron chi connectivity index (χ3n) is 6.76. The minimum Gasteiger partial charge on any atom is -0.493 e. The lowest BCUT2D eigenvalue weighted by Gasteiger charge is -2.31. The van der Waals surface area contributed by atoms with Crippen LogP contribution in [0, 0.1) is 0 Å². The summed E-state index contributed by atoms with van der Waals surface area (Å²) in [7, 11) is 4.94. The fourth-order valence-electron chi connectivity index (χ4n) is 4.79. The molecular formula is C28H32N6O3. The lowest BCUT2D eigenvalue weighted by molar-refractivity contribution is 0.355. The Hall–Kier alpha value is -4.11. The van der Waals surface area contributed by atoms with Gasteiger partial charge in [0.05, 0.1) is 20.8 Å². The predicted octanol–water partition coefficient (Wildman–Crippen LogP) is 3.29. The van der Waals surface area contributed by atoms with Crippen molar-refractivity contribution in [2.24, 2.45) is 12.8 Å². The van der Waals surface area contributed by atoms with E-state index >= 15 is 0 Å². The summed E-state index contributed by atoms with van der Waals surface area (Å²) in [4.78, 5) is 25.5. The monoisotopic (exact) mass is 500 g/mol. The fraction of sp³-hybridized carbons (Fsp3) is 0.321. The smallest absolute Gasteiger partial charge is 0.279 e. The number of anilines is 1. The first-order valence-corrected chi connectivity index (χ1v) is 12.4. The van der Waals surface area contributed by atoms with Crippen molar-refractivity contribution in [3.05, 3.63) is 75.8 Å². The molecule has 0 amide bonds. The van der Waals surface area contributed by atoms with E-state index in [4.69, 9.17) is 25.2 Å². The van der Waals surface area contributed by atoms with E-state index in [1.807, 2.05) is 53.1 Å². The maximum atomic E-state index is 13.7. The highest BCUT2D eigenvalue weighted by Gasteiger charge is 2.25. The SMILES string of the molecule is COc1ccc(/C=C/c2nc3nc(N4CCCC(N)C4)n(Cc4ccccc4)c3c(=O)n2C)cc1OC. The maximum Gasteiger partial charge on any atom is 0.279 e. The molecule has 1 atom stereocenters. The molecule has 0 aliphatic carbocycles. The van der Waals surface area contributed by atoms with Crippen molar-refractivity contribution in [2.75, 3.05) is 32.2 Å². The number of piperidine rings is 1. The summed E-state index contributed by atoms with van der Waals surface area (Å²) in [6.45, 7) is 2.07. The Balaban J connectivity index is 1.59. The molecule has 4 aromatic rings. The average molecular weight is 501 g/mol. The number of nitrogens with zero attached hydrogens (tertiary/aromatic N) is 5. The molecule has 0 saturated carbocycles. The van der Waals surface area contributed by atoms with Crippen molar-refractivity contribution in [3.8, 4) is 11.5 Å². The largest absolute Gasteiger partial charge is 0.493 e. The van der Waals surface area contributed by atoms with Crippen molar-refractivity contribution in [2.45, 2.75) is 25.4 Å². The molecule has 2 aromatic heterocycles. The first-order chi connectivity index (χ1) is 18.0. The summed E-state index contributed by atoms with van der Waals surface area (Å²) < 4.78 is 14.3. The number of ether oxygens (including phenoxy) is 2. The van der Waals surface area contributed by atoms with Crippen LogP contribution < -0.4 is 25.7 Å². The predicted molar refractivity (Wildman–Crippen MR) is 146 cm³/mol. The Morgan fingerprint density at radius 2 is 1.84 bits per heavy atom. The van der Waals surface area contributed by atoms with Gasteiger partial charge < -0.3 is 20.1 Å². The molecule has 9 nitrogen and oxygen atoms in total. The van der Waals surface area contributed by atoms with Crippen LogP contribution in [0.1, 0.15) is 29.8 Å². The molecule has 37 heavy (non-hydrogen) atoms. The van der Waals surface area contributed by atoms with Crippen molar-refractivity contribution in [3.63, 3.8) is 0 Å². The summed E-state index contributed by atoms with van der Waals surface area (Å²) >= 11 is 0. The van der Waals surface area contributed by atoms with Gasteiger partial charge in [0, 0.05) is 26.2 Å². The van der Waals surface area contributed by atoms with Gasteiger partial charge in [0.2, 0.25) is 5.95 Å². The van der Waals surface area contributed by atoms with Crippen LogP contribution in [0.15, 0.2) is 53.3 Å². The van der Waals surface area contributed by atoms with E-state index in [0.29, 0.717) is 41.6 Å². The lowest BCUT2D eigenvalue weighted by Crippen LogP contribution is -2.44. The molecule has 3 heterocycles. The zero-order chi connectivity index (χ0) is 25.9. The molecule has 1 fully saturated rings. The van der Waals surface area contributed by atoms with E-state index in [-0.39, 0.29) is 11.6 Å². The van der Waals surface area contributed by atoms with Gasteiger partial charge in [-0.25, -0.2) is 4.98 Å². The van der Waals surface area contributed by atoms with Crippen molar-refractivity contribution in [1.29, 1.82) is 0 Å². The topological polar surface area (TPSA) is 100 Å². The van der Waals surface area contributed by atoms with Crippen LogP contribution in [-0.4, -0.2) is 52.5 Å². The maximum absolute atomic E-state index is 13.7. The summed E-state index contributed by atoms with van der Waals surface area (Å²) in [6, 6.07) is 15.8. The Bertz CT molecular complexity index is 1490. The molecule has 9 heteroatoms. The van der Waals surface area contributed by atoms with Crippen LogP contribution in [-0.2, 0) is 13.6 Å². The van der Waals surface area contributed by atoms with Crippen LogP contribution in [0.3, 0.4) is 0 Å². The van der Waals surface area contributed by atoms with Gasteiger partial charge in [0.25, 0.3) is 5.56 Å². The van der Waals surface area contributed by atoms with Crippen LogP contribution >= 0.6 is 0 Å². The van der Waals surface area contributed by atoms with Gasteiger partial charge in [-0.3, -0.25) is 13.9 Å². The number of nitrogens with two attached hydrogens (primary N) is 1. The number of methoxy groups -OCH3 is 2. The number of aromatic nitrogens is 4. The number of hydrogen-bond donors (Lipinski definition) is 1. The quantitative estimate of drug-likeness (QED) is 0.416. The minimum atomic E-state index is -0.145. The van der Waals surface area contributed by atoms with Crippen LogP contribution in [0.25, 0.3) is 23.3 Å². The van der Waals surface area contributed by atoms with Gasteiger partial charge >= 0.3 is 0 Å². The molecule has 1 unspecified atom stereocenters. The molecule has 1 saturated heterocycles. The second kappa shape index (κ2) is 10.5. The highest BCUT2D eigenvalue weighted by Crippen LogP contribution is 2.28. The molecule has 0 bridgehead atoms. The van der Waals surface area contributed by atoms with Crippen molar-refractivity contribution < 1.29 is 9.47 Å². The van der Waals surface area contributed by atoms with Gasteiger partial charge in [-0.2, -0.15) is 4.98 Å². The molecular weight excluding hydrogens is 468 g/mol. The molecule has 1 aliphatic heterocycles. The number of rotatable bonds is 7. The Morgan fingerprint density at radius 1 is 1.05 bits per heavy atom. The minimum absolute atomic E-state index is 0.0783. The normalized spacial score (nSPS) is 16.0. The number of imidazole rings is 1. The third kappa shape index (κ3) is 4.95. The van der Waals surface area contributed by atoms with Crippen LogP contribution in [0.2, 0.25) is 0 Å². The second-order valence-electron chi connectivity index (χ2n) is 9.29. The number of fused-ring (bicyclic) bond motifs is 1. The van der Waals surface area contributed by atoms with E-state index < -0.39 is 0 Å². The molecule has 1 aliphatic rings. The number of benzene rings is 2.